The van der Waals surface area contributed by atoms with Crippen LogP contribution in [0, 0.1) is 0 Å². The lowest BCUT2D eigenvalue weighted by atomic mass is 10.1. The molecule has 0 atom stereocenters. The molecule has 0 bridgehead atoms. The van der Waals surface area contributed by atoms with E-state index in [1.165, 1.54) is 14.2 Å². The predicted molar refractivity (Wildman–Crippen MR) is 94.2 cm³/mol. The molecule has 7 heteroatoms. The summed E-state index contributed by atoms with van der Waals surface area (Å²) in [5.74, 6) is 2.79. The molecule has 1 N–H and O–H groups in total. The fraction of sp³-hybridized carbons (Fsp3) is 0.316. The number of fused-ring (bicyclic) bond motifs is 1. The topological polar surface area (TPSA) is 75.3 Å². The number of rotatable bonds is 7. The minimum Gasteiger partial charge on any atom is -0.493 e. The predicted octanol–water partition coefficient (Wildman–Crippen LogP) is 2.30. The van der Waals surface area contributed by atoms with Crippen LogP contribution in [0.5, 0.6) is 28.7 Å². The van der Waals surface area contributed by atoms with Gasteiger partial charge in [-0.05, 0) is 23.8 Å². The van der Waals surface area contributed by atoms with E-state index in [1.807, 2.05) is 18.2 Å². The first-order valence-electron chi connectivity index (χ1n) is 8.09. The van der Waals surface area contributed by atoms with E-state index in [-0.39, 0.29) is 19.1 Å². The van der Waals surface area contributed by atoms with Gasteiger partial charge in [0.2, 0.25) is 18.4 Å². The molecule has 1 aliphatic rings. The van der Waals surface area contributed by atoms with E-state index in [9.17, 15) is 4.79 Å². The van der Waals surface area contributed by atoms with Crippen LogP contribution in [-0.4, -0.2) is 34.0 Å². The Morgan fingerprint density at radius 2 is 1.77 bits per heavy atom. The maximum absolute atomic E-state index is 12.3. The molecule has 2 aromatic rings. The van der Waals surface area contributed by atoms with E-state index in [1.54, 1.807) is 19.2 Å². The molecule has 0 saturated heterocycles. The van der Waals surface area contributed by atoms with Gasteiger partial charge >= 0.3 is 0 Å². The standard InChI is InChI=1S/C19H21NO6/c1-22-15-7-5-13(18(23-2)19(15)24-3)9-17(21)20-10-12-4-6-14-16(8-12)26-11-25-14/h4-8H,9-11H2,1-3H3,(H,20,21). The van der Waals surface area contributed by atoms with Crippen molar-refractivity contribution in [3.05, 3.63) is 41.5 Å². The molecular weight excluding hydrogens is 338 g/mol. The number of benzene rings is 2. The summed E-state index contributed by atoms with van der Waals surface area (Å²) in [4.78, 5) is 12.3. The van der Waals surface area contributed by atoms with Crippen molar-refractivity contribution in [2.45, 2.75) is 13.0 Å². The van der Waals surface area contributed by atoms with Gasteiger partial charge in [-0.3, -0.25) is 4.79 Å². The number of carbonyl (C=O) groups is 1. The van der Waals surface area contributed by atoms with Crippen LogP contribution in [0.15, 0.2) is 30.3 Å². The SMILES string of the molecule is COc1ccc(CC(=O)NCc2ccc3c(c2)OCO3)c(OC)c1OC. The average Bonchev–Trinajstić information content (AvgIpc) is 3.13. The summed E-state index contributed by atoms with van der Waals surface area (Å²) >= 11 is 0. The highest BCUT2D eigenvalue weighted by atomic mass is 16.7. The third kappa shape index (κ3) is 3.61. The zero-order chi connectivity index (χ0) is 18.5. The highest BCUT2D eigenvalue weighted by Gasteiger charge is 2.18. The average molecular weight is 359 g/mol. The largest absolute Gasteiger partial charge is 0.493 e. The molecule has 1 heterocycles. The summed E-state index contributed by atoms with van der Waals surface area (Å²) in [6.45, 7) is 0.620. The monoisotopic (exact) mass is 359 g/mol. The van der Waals surface area contributed by atoms with Crippen molar-refractivity contribution in [1.82, 2.24) is 5.32 Å². The van der Waals surface area contributed by atoms with Crippen LogP contribution < -0.4 is 29.0 Å². The van der Waals surface area contributed by atoms with Crippen LogP contribution in [0.2, 0.25) is 0 Å². The maximum Gasteiger partial charge on any atom is 0.231 e. The van der Waals surface area contributed by atoms with E-state index in [2.05, 4.69) is 5.32 Å². The molecule has 1 aliphatic heterocycles. The number of amides is 1. The number of ether oxygens (including phenoxy) is 5. The molecule has 0 unspecified atom stereocenters. The van der Waals surface area contributed by atoms with Crippen molar-refractivity contribution in [2.24, 2.45) is 0 Å². The second-order valence-corrected chi connectivity index (χ2v) is 5.63. The van der Waals surface area contributed by atoms with E-state index >= 15 is 0 Å². The quantitative estimate of drug-likeness (QED) is 0.818. The number of hydrogen-bond donors (Lipinski definition) is 1. The van der Waals surface area contributed by atoms with Crippen LogP contribution in [0.1, 0.15) is 11.1 Å². The van der Waals surface area contributed by atoms with Crippen LogP contribution >= 0.6 is 0 Å². The third-order valence-electron chi connectivity index (χ3n) is 4.06. The van der Waals surface area contributed by atoms with Gasteiger partial charge in [-0.2, -0.15) is 0 Å². The van der Waals surface area contributed by atoms with Gasteiger partial charge in [0.25, 0.3) is 0 Å². The smallest absolute Gasteiger partial charge is 0.231 e. The first-order valence-corrected chi connectivity index (χ1v) is 8.09. The van der Waals surface area contributed by atoms with Crippen molar-refractivity contribution in [1.29, 1.82) is 0 Å². The summed E-state index contributed by atoms with van der Waals surface area (Å²) < 4.78 is 26.6. The van der Waals surface area contributed by atoms with Crippen LogP contribution in [0.25, 0.3) is 0 Å². The first-order chi connectivity index (χ1) is 12.7. The lowest BCUT2D eigenvalue weighted by Crippen LogP contribution is -2.24. The second kappa shape index (κ2) is 7.86. The van der Waals surface area contributed by atoms with Crippen LogP contribution in [0.4, 0.5) is 0 Å². The molecule has 0 aromatic heterocycles. The molecule has 0 fully saturated rings. The van der Waals surface area contributed by atoms with E-state index in [0.717, 1.165) is 11.3 Å². The zero-order valence-electron chi connectivity index (χ0n) is 15.0. The second-order valence-electron chi connectivity index (χ2n) is 5.63. The fourth-order valence-corrected chi connectivity index (χ4v) is 2.79. The lowest BCUT2D eigenvalue weighted by molar-refractivity contribution is -0.120. The lowest BCUT2D eigenvalue weighted by Gasteiger charge is -2.15. The van der Waals surface area contributed by atoms with E-state index in [4.69, 9.17) is 23.7 Å². The van der Waals surface area contributed by atoms with Crippen molar-refractivity contribution in [3.63, 3.8) is 0 Å². The van der Waals surface area contributed by atoms with Gasteiger partial charge in [-0.15, -0.1) is 0 Å². The highest BCUT2D eigenvalue weighted by molar-refractivity contribution is 5.80. The summed E-state index contributed by atoms with van der Waals surface area (Å²) in [7, 11) is 4.62. The minimum atomic E-state index is -0.131. The van der Waals surface area contributed by atoms with Gasteiger partial charge in [-0.1, -0.05) is 12.1 Å². The number of hydrogen-bond acceptors (Lipinski definition) is 6. The Balaban J connectivity index is 1.66. The van der Waals surface area contributed by atoms with E-state index in [0.29, 0.717) is 35.1 Å². The Morgan fingerprint density at radius 1 is 1.00 bits per heavy atom. The van der Waals surface area contributed by atoms with Crippen molar-refractivity contribution in [3.8, 4) is 28.7 Å². The summed E-state index contributed by atoms with van der Waals surface area (Å²) in [6, 6.07) is 9.13. The summed E-state index contributed by atoms with van der Waals surface area (Å²) in [6.07, 6.45) is 0.161. The molecule has 138 valence electrons. The highest BCUT2D eigenvalue weighted by Crippen LogP contribution is 2.39. The van der Waals surface area contributed by atoms with Crippen molar-refractivity contribution < 1.29 is 28.5 Å². The molecule has 0 saturated carbocycles. The molecule has 3 rings (SSSR count). The molecular formula is C19H21NO6. The van der Waals surface area contributed by atoms with E-state index < -0.39 is 0 Å². The van der Waals surface area contributed by atoms with Gasteiger partial charge < -0.3 is 29.0 Å². The Kier molecular flexibility index (Phi) is 5.36. The Morgan fingerprint density at radius 3 is 2.50 bits per heavy atom. The Bertz CT molecular complexity index is 805. The first kappa shape index (κ1) is 17.7. The minimum absolute atomic E-state index is 0.131. The molecule has 0 spiro atoms. The number of carbonyl (C=O) groups excluding carboxylic acids is 1. The van der Waals surface area contributed by atoms with Gasteiger partial charge in [0, 0.05) is 12.1 Å². The van der Waals surface area contributed by atoms with Gasteiger partial charge in [-0.25, -0.2) is 0 Å². The van der Waals surface area contributed by atoms with Crippen molar-refractivity contribution >= 4 is 5.91 Å². The van der Waals surface area contributed by atoms with Crippen LogP contribution in [0.3, 0.4) is 0 Å². The normalized spacial score (nSPS) is 11.8. The van der Waals surface area contributed by atoms with Crippen LogP contribution in [-0.2, 0) is 17.8 Å². The molecule has 0 radical (unpaired) electrons. The maximum atomic E-state index is 12.3. The Labute approximate surface area is 151 Å². The summed E-state index contributed by atoms with van der Waals surface area (Å²) in [5.41, 5.74) is 1.65. The van der Waals surface area contributed by atoms with Gasteiger partial charge in [0.05, 0.1) is 27.8 Å². The fourth-order valence-electron chi connectivity index (χ4n) is 2.79. The molecule has 1 amide bonds. The number of methoxy groups -OCH3 is 3. The molecule has 26 heavy (non-hydrogen) atoms. The molecule has 7 nitrogen and oxygen atoms in total. The molecule has 0 aliphatic carbocycles. The molecule has 2 aromatic carbocycles. The van der Waals surface area contributed by atoms with Gasteiger partial charge in [0.1, 0.15) is 0 Å². The summed E-state index contributed by atoms with van der Waals surface area (Å²) in [5, 5.41) is 2.89. The van der Waals surface area contributed by atoms with Gasteiger partial charge in [0.15, 0.2) is 23.0 Å². The zero-order valence-corrected chi connectivity index (χ0v) is 15.0. The Hall–Kier alpha value is -3.09. The third-order valence-corrected chi connectivity index (χ3v) is 4.06. The number of nitrogens with one attached hydrogen (secondary N) is 1. The van der Waals surface area contributed by atoms with Crippen molar-refractivity contribution in [2.75, 3.05) is 28.1 Å².